The maximum atomic E-state index is 13.3. The molecule has 1 amide bonds. The lowest BCUT2D eigenvalue weighted by molar-refractivity contribution is -0.128. The minimum Gasteiger partial charge on any atom is -0.480 e. The van der Waals surface area contributed by atoms with Gasteiger partial charge < -0.3 is 15.2 Å². The summed E-state index contributed by atoms with van der Waals surface area (Å²) < 4.78 is 18.8. The van der Waals surface area contributed by atoms with Crippen LogP contribution < -0.4 is 10.1 Å². The molecule has 0 aliphatic carbocycles. The van der Waals surface area contributed by atoms with Crippen molar-refractivity contribution in [3.63, 3.8) is 0 Å². The van der Waals surface area contributed by atoms with Crippen molar-refractivity contribution in [2.45, 2.75) is 58.8 Å². The predicted molar refractivity (Wildman–Crippen MR) is 79.6 cm³/mol. The Hall–Kier alpha value is -1.62. The van der Waals surface area contributed by atoms with E-state index in [4.69, 9.17) is 4.74 Å². The minimum atomic E-state index is -0.796. The highest BCUT2D eigenvalue weighted by atomic mass is 19.1. The highest BCUT2D eigenvalue weighted by molar-refractivity contribution is 5.81. The first-order valence-corrected chi connectivity index (χ1v) is 7.33. The van der Waals surface area contributed by atoms with Crippen LogP contribution in [-0.2, 0) is 4.79 Å². The lowest BCUT2D eigenvalue weighted by atomic mass is 10.1. The first-order chi connectivity index (χ1) is 9.88. The molecule has 2 atom stereocenters. The van der Waals surface area contributed by atoms with Crippen molar-refractivity contribution in [2.24, 2.45) is 0 Å². The number of hydrogen-bond acceptors (Lipinski definition) is 3. The lowest BCUT2D eigenvalue weighted by Crippen LogP contribution is -2.42. The second-order valence-electron chi connectivity index (χ2n) is 5.14. The van der Waals surface area contributed by atoms with Crippen molar-refractivity contribution in [2.75, 3.05) is 0 Å². The molecule has 1 unspecified atom stereocenters. The van der Waals surface area contributed by atoms with Crippen LogP contribution in [-0.4, -0.2) is 23.2 Å². The van der Waals surface area contributed by atoms with Gasteiger partial charge >= 0.3 is 0 Å². The van der Waals surface area contributed by atoms with Gasteiger partial charge in [0.2, 0.25) is 0 Å². The van der Waals surface area contributed by atoms with Crippen LogP contribution in [0, 0.1) is 5.82 Å². The molecular formula is C16H24FNO3. The van der Waals surface area contributed by atoms with Crippen LogP contribution in [0.25, 0.3) is 0 Å². The molecule has 1 aromatic rings. The standard InChI is InChI=1S/C16H24FNO3/c1-5-13(6-2)18-16(20)11(4)21-15-9-12(17)7-8-14(15)10(3)19/h7-11,13,19H,5-6H2,1-4H3,(H,18,20)/t10-,11?/m0/s1. The van der Waals surface area contributed by atoms with Gasteiger partial charge in [-0.3, -0.25) is 4.79 Å². The van der Waals surface area contributed by atoms with Gasteiger partial charge in [-0.15, -0.1) is 0 Å². The third-order valence-electron chi connectivity index (χ3n) is 3.43. The van der Waals surface area contributed by atoms with Gasteiger partial charge in [0.15, 0.2) is 6.10 Å². The molecule has 0 bridgehead atoms. The Kier molecular flexibility index (Phi) is 6.62. The summed E-state index contributed by atoms with van der Waals surface area (Å²) in [6.07, 6.45) is 0.126. The van der Waals surface area contributed by atoms with Gasteiger partial charge in [0.1, 0.15) is 11.6 Å². The zero-order valence-electron chi connectivity index (χ0n) is 13.0. The molecule has 0 heterocycles. The van der Waals surface area contributed by atoms with Crippen molar-refractivity contribution in [3.05, 3.63) is 29.6 Å². The van der Waals surface area contributed by atoms with E-state index in [0.717, 1.165) is 12.8 Å². The molecule has 0 spiro atoms. The normalized spacial score (nSPS) is 13.9. The van der Waals surface area contributed by atoms with E-state index in [9.17, 15) is 14.3 Å². The van der Waals surface area contributed by atoms with E-state index in [1.165, 1.54) is 18.2 Å². The summed E-state index contributed by atoms with van der Waals surface area (Å²) >= 11 is 0. The highest BCUT2D eigenvalue weighted by Crippen LogP contribution is 2.27. The third-order valence-corrected chi connectivity index (χ3v) is 3.43. The number of aliphatic hydroxyl groups excluding tert-OH is 1. The number of ether oxygens (including phenoxy) is 1. The van der Waals surface area contributed by atoms with Crippen LogP contribution in [0.2, 0.25) is 0 Å². The average Bonchev–Trinajstić information content (AvgIpc) is 2.44. The van der Waals surface area contributed by atoms with Gasteiger partial charge in [-0.2, -0.15) is 0 Å². The van der Waals surface area contributed by atoms with Gasteiger partial charge in [-0.1, -0.05) is 13.8 Å². The van der Waals surface area contributed by atoms with Gasteiger partial charge in [0, 0.05) is 17.7 Å². The second kappa shape index (κ2) is 7.98. The molecule has 5 heteroatoms. The second-order valence-corrected chi connectivity index (χ2v) is 5.14. The fourth-order valence-corrected chi connectivity index (χ4v) is 2.01. The van der Waals surface area contributed by atoms with E-state index in [2.05, 4.69) is 5.32 Å². The van der Waals surface area contributed by atoms with Gasteiger partial charge in [-0.25, -0.2) is 4.39 Å². The maximum absolute atomic E-state index is 13.3. The molecule has 0 aliphatic rings. The minimum absolute atomic E-state index is 0.104. The molecule has 118 valence electrons. The molecular weight excluding hydrogens is 273 g/mol. The van der Waals surface area contributed by atoms with Crippen molar-refractivity contribution in [1.29, 1.82) is 0 Å². The smallest absolute Gasteiger partial charge is 0.260 e. The van der Waals surface area contributed by atoms with Gasteiger partial charge in [-0.05, 0) is 38.8 Å². The molecule has 2 N–H and O–H groups in total. The molecule has 0 saturated carbocycles. The Labute approximate surface area is 125 Å². The zero-order chi connectivity index (χ0) is 16.0. The topological polar surface area (TPSA) is 58.6 Å². The monoisotopic (exact) mass is 297 g/mol. The van der Waals surface area contributed by atoms with Crippen LogP contribution in [0.3, 0.4) is 0 Å². The van der Waals surface area contributed by atoms with E-state index in [0.29, 0.717) is 5.56 Å². The number of halogens is 1. The molecule has 21 heavy (non-hydrogen) atoms. The SMILES string of the molecule is CCC(CC)NC(=O)C(C)Oc1cc(F)ccc1[C@H](C)O. The summed E-state index contributed by atoms with van der Waals surface area (Å²) in [4.78, 5) is 12.0. The number of nitrogens with one attached hydrogen (secondary N) is 1. The number of carbonyl (C=O) groups is 1. The summed E-state index contributed by atoms with van der Waals surface area (Å²) in [5, 5.41) is 12.5. The van der Waals surface area contributed by atoms with Crippen molar-refractivity contribution >= 4 is 5.91 Å². The number of aliphatic hydroxyl groups is 1. The average molecular weight is 297 g/mol. The number of rotatable bonds is 7. The largest absolute Gasteiger partial charge is 0.480 e. The Morgan fingerprint density at radius 2 is 1.95 bits per heavy atom. The first-order valence-electron chi connectivity index (χ1n) is 7.33. The molecule has 4 nitrogen and oxygen atoms in total. The highest BCUT2D eigenvalue weighted by Gasteiger charge is 2.20. The van der Waals surface area contributed by atoms with Gasteiger partial charge in [0.25, 0.3) is 5.91 Å². The summed E-state index contributed by atoms with van der Waals surface area (Å²) in [6, 6.07) is 4.00. The predicted octanol–water partition coefficient (Wildman–Crippen LogP) is 2.95. The van der Waals surface area contributed by atoms with Crippen molar-refractivity contribution in [1.82, 2.24) is 5.32 Å². The molecule has 0 saturated heterocycles. The number of hydrogen-bond donors (Lipinski definition) is 2. The van der Waals surface area contributed by atoms with Crippen LogP contribution in [0.15, 0.2) is 18.2 Å². The van der Waals surface area contributed by atoms with E-state index in [1.54, 1.807) is 13.8 Å². The Bertz CT molecular complexity index is 473. The molecule has 0 fully saturated rings. The number of benzene rings is 1. The van der Waals surface area contributed by atoms with Crippen molar-refractivity contribution < 1.29 is 19.0 Å². The number of carbonyl (C=O) groups excluding carboxylic acids is 1. The van der Waals surface area contributed by atoms with Crippen LogP contribution in [0.4, 0.5) is 4.39 Å². The zero-order valence-corrected chi connectivity index (χ0v) is 13.0. The van der Waals surface area contributed by atoms with Crippen molar-refractivity contribution in [3.8, 4) is 5.75 Å². The molecule has 0 aromatic heterocycles. The van der Waals surface area contributed by atoms with E-state index >= 15 is 0 Å². The van der Waals surface area contributed by atoms with Crippen LogP contribution in [0.5, 0.6) is 5.75 Å². The molecule has 0 radical (unpaired) electrons. The van der Waals surface area contributed by atoms with Crippen LogP contribution in [0.1, 0.15) is 52.2 Å². The summed E-state index contributed by atoms with van der Waals surface area (Å²) in [5.74, 6) is -0.524. The molecule has 0 aliphatic heterocycles. The Morgan fingerprint density at radius 3 is 2.48 bits per heavy atom. The molecule has 1 aromatic carbocycles. The fourth-order valence-electron chi connectivity index (χ4n) is 2.01. The van der Waals surface area contributed by atoms with Gasteiger partial charge in [0.05, 0.1) is 6.10 Å². The van der Waals surface area contributed by atoms with E-state index in [1.807, 2.05) is 13.8 Å². The maximum Gasteiger partial charge on any atom is 0.260 e. The summed E-state index contributed by atoms with van der Waals surface area (Å²) in [7, 11) is 0. The molecule has 1 rings (SSSR count). The summed E-state index contributed by atoms with van der Waals surface area (Å²) in [6.45, 7) is 7.17. The summed E-state index contributed by atoms with van der Waals surface area (Å²) in [5.41, 5.74) is 0.457. The first kappa shape index (κ1) is 17.4. The van der Waals surface area contributed by atoms with Crippen LogP contribution >= 0.6 is 0 Å². The third kappa shape index (κ3) is 5.01. The quantitative estimate of drug-likeness (QED) is 0.813. The van der Waals surface area contributed by atoms with E-state index in [-0.39, 0.29) is 17.7 Å². The lowest BCUT2D eigenvalue weighted by Gasteiger charge is -2.21. The fraction of sp³-hybridized carbons (Fsp3) is 0.562. The Balaban J connectivity index is 2.80. The Morgan fingerprint density at radius 1 is 1.33 bits per heavy atom. The van der Waals surface area contributed by atoms with E-state index < -0.39 is 18.0 Å². The number of amides is 1.